The van der Waals surface area contributed by atoms with Gasteiger partial charge in [-0.2, -0.15) is 0 Å². The number of urea groups is 1. The zero-order valence-electron chi connectivity index (χ0n) is 15.3. The molecule has 0 saturated heterocycles. The van der Waals surface area contributed by atoms with Crippen molar-refractivity contribution in [2.24, 2.45) is 0 Å². The molecule has 2 rings (SSSR count). The van der Waals surface area contributed by atoms with Gasteiger partial charge in [-0.1, -0.05) is 6.07 Å². The first kappa shape index (κ1) is 19.2. The molecule has 7 nitrogen and oxygen atoms in total. The summed E-state index contributed by atoms with van der Waals surface area (Å²) in [5.41, 5.74) is 1.98. The van der Waals surface area contributed by atoms with E-state index in [1.807, 2.05) is 13.8 Å². The summed E-state index contributed by atoms with van der Waals surface area (Å²) in [5, 5.41) is 5.51. The van der Waals surface area contributed by atoms with Crippen molar-refractivity contribution < 1.29 is 14.3 Å². The minimum atomic E-state index is -0.354. The smallest absolute Gasteiger partial charge is 0.319 e. The van der Waals surface area contributed by atoms with Crippen LogP contribution in [0.3, 0.4) is 0 Å². The molecule has 0 spiro atoms. The lowest BCUT2D eigenvalue weighted by atomic mass is 10.1. The minimum absolute atomic E-state index is 0.0528. The van der Waals surface area contributed by atoms with Crippen LogP contribution in [-0.4, -0.2) is 42.0 Å². The lowest BCUT2D eigenvalue weighted by Gasteiger charge is -2.19. The molecule has 0 saturated carbocycles. The Bertz CT molecular complexity index is 760. The number of ether oxygens (including phenoxy) is 1. The molecule has 0 bridgehead atoms. The molecule has 0 radical (unpaired) electrons. The van der Waals surface area contributed by atoms with Crippen molar-refractivity contribution >= 4 is 17.6 Å². The highest BCUT2D eigenvalue weighted by atomic mass is 16.5. The summed E-state index contributed by atoms with van der Waals surface area (Å²) in [5.74, 6) is 0.440. The van der Waals surface area contributed by atoms with E-state index in [-0.39, 0.29) is 11.9 Å². The molecule has 0 aliphatic heterocycles. The second kappa shape index (κ2) is 9.41. The summed E-state index contributed by atoms with van der Waals surface area (Å²) in [6.45, 7) is 5.49. The molecule has 0 aliphatic rings. The van der Waals surface area contributed by atoms with Crippen LogP contribution in [0.5, 0.6) is 5.88 Å². The van der Waals surface area contributed by atoms with Crippen LogP contribution in [0.2, 0.25) is 0 Å². The quantitative estimate of drug-likeness (QED) is 0.799. The molecule has 1 aromatic heterocycles. The van der Waals surface area contributed by atoms with E-state index >= 15 is 0 Å². The van der Waals surface area contributed by atoms with Crippen LogP contribution in [0.15, 0.2) is 42.6 Å². The summed E-state index contributed by atoms with van der Waals surface area (Å²) in [4.78, 5) is 30.3. The fraction of sp³-hybridized carbons (Fsp3) is 0.316. The van der Waals surface area contributed by atoms with Gasteiger partial charge in [0.25, 0.3) is 5.91 Å². The Labute approximate surface area is 153 Å². The lowest BCUT2D eigenvalue weighted by molar-refractivity contribution is 0.0773. The molecule has 138 valence electrons. The number of methoxy groups -OCH3 is 1. The summed E-state index contributed by atoms with van der Waals surface area (Å²) >= 11 is 0. The first-order valence-corrected chi connectivity index (χ1v) is 8.50. The van der Waals surface area contributed by atoms with Gasteiger partial charge in [0, 0.05) is 43.1 Å². The van der Waals surface area contributed by atoms with Gasteiger partial charge in [-0.25, -0.2) is 9.78 Å². The number of amides is 3. The van der Waals surface area contributed by atoms with E-state index in [0.29, 0.717) is 36.8 Å². The fourth-order valence-corrected chi connectivity index (χ4v) is 2.45. The van der Waals surface area contributed by atoms with Crippen molar-refractivity contribution in [3.63, 3.8) is 0 Å². The number of carbonyl (C=O) groups excluding carboxylic acids is 2. The van der Waals surface area contributed by atoms with Crippen LogP contribution in [0, 0.1) is 0 Å². The highest BCUT2D eigenvalue weighted by molar-refractivity contribution is 5.96. The number of carbonyl (C=O) groups is 2. The zero-order chi connectivity index (χ0) is 18.9. The van der Waals surface area contributed by atoms with E-state index in [0.717, 1.165) is 5.56 Å². The van der Waals surface area contributed by atoms with Crippen molar-refractivity contribution in [1.29, 1.82) is 0 Å². The van der Waals surface area contributed by atoms with Crippen molar-refractivity contribution in [2.45, 2.75) is 20.4 Å². The van der Waals surface area contributed by atoms with Crippen molar-refractivity contribution in [1.82, 2.24) is 15.2 Å². The maximum absolute atomic E-state index is 12.4. The van der Waals surface area contributed by atoms with E-state index in [9.17, 15) is 9.59 Å². The van der Waals surface area contributed by atoms with Crippen LogP contribution in [0.4, 0.5) is 10.5 Å². The van der Waals surface area contributed by atoms with Crippen LogP contribution >= 0.6 is 0 Å². The summed E-state index contributed by atoms with van der Waals surface area (Å²) in [6, 6.07) is 10.1. The number of rotatable bonds is 7. The predicted octanol–water partition coefficient (Wildman–Crippen LogP) is 2.89. The maximum Gasteiger partial charge on any atom is 0.319 e. The number of aromatic nitrogens is 1. The third-order valence-electron chi connectivity index (χ3n) is 3.88. The van der Waals surface area contributed by atoms with Crippen molar-refractivity contribution in [3.05, 3.63) is 53.7 Å². The maximum atomic E-state index is 12.4. The molecule has 2 N–H and O–H groups in total. The van der Waals surface area contributed by atoms with Crippen LogP contribution in [0.25, 0.3) is 0 Å². The SMILES string of the molecule is CCN(CC)C(=O)c1cccc(NC(=O)NCc2ccnc(OC)c2)c1. The van der Waals surface area contributed by atoms with Crippen LogP contribution < -0.4 is 15.4 Å². The molecule has 2 aromatic rings. The second-order valence-electron chi connectivity index (χ2n) is 5.57. The fourth-order valence-electron chi connectivity index (χ4n) is 2.45. The first-order chi connectivity index (χ1) is 12.6. The Hall–Kier alpha value is -3.09. The topological polar surface area (TPSA) is 83.6 Å². The molecule has 0 unspecified atom stereocenters. The van der Waals surface area contributed by atoms with E-state index in [1.165, 1.54) is 0 Å². The summed E-state index contributed by atoms with van der Waals surface area (Å²) < 4.78 is 5.06. The van der Waals surface area contributed by atoms with Crippen LogP contribution in [-0.2, 0) is 6.54 Å². The Morgan fingerprint density at radius 1 is 1.15 bits per heavy atom. The molecule has 7 heteroatoms. The molecular weight excluding hydrogens is 332 g/mol. The molecule has 1 heterocycles. The van der Waals surface area contributed by atoms with Gasteiger partial charge in [-0.15, -0.1) is 0 Å². The standard InChI is InChI=1S/C19H24N4O3/c1-4-23(5-2)18(24)15-7-6-8-16(12-15)22-19(25)21-13-14-9-10-20-17(11-14)26-3/h6-12H,4-5,13H2,1-3H3,(H2,21,22,25). The highest BCUT2D eigenvalue weighted by Gasteiger charge is 2.13. The number of benzene rings is 1. The lowest BCUT2D eigenvalue weighted by Crippen LogP contribution is -2.31. The van der Waals surface area contributed by atoms with Crippen LogP contribution in [0.1, 0.15) is 29.8 Å². The Kier molecular flexibility index (Phi) is 6.96. The third-order valence-corrected chi connectivity index (χ3v) is 3.88. The van der Waals surface area contributed by atoms with Crippen molar-refractivity contribution in [3.8, 4) is 5.88 Å². The number of pyridine rings is 1. The van der Waals surface area contributed by atoms with Gasteiger partial charge >= 0.3 is 6.03 Å². The molecule has 1 aromatic carbocycles. The Morgan fingerprint density at radius 2 is 1.92 bits per heavy atom. The molecule has 0 aliphatic carbocycles. The average molecular weight is 356 g/mol. The van der Waals surface area contributed by atoms with Gasteiger partial charge in [0.2, 0.25) is 5.88 Å². The number of hydrogen-bond donors (Lipinski definition) is 2. The van der Waals surface area contributed by atoms with Gasteiger partial charge in [0.05, 0.1) is 7.11 Å². The first-order valence-electron chi connectivity index (χ1n) is 8.50. The number of nitrogens with one attached hydrogen (secondary N) is 2. The molecule has 3 amide bonds. The Morgan fingerprint density at radius 3 is 2.62 bits per heavy atom. The number of hydrogen-bond acceptors (Lipinski definition) is 4. The van der Waals surface area contributed by atoms with Gasteiger partial charge in [0.1, 0.15) is 0 Å². The normalized spacial score (nSPS) is 10.1. The van der Waals surface area contributed by atoms with E-state index in [4.69, 9.17) is 4.74 Å². The minimum Gasteiger partial charge on any atom is -0.481 e. The van der Waals surface area contributed by atoms with E-state index < -0.39 is 0 Å². The van der Waals surface area contributed by atoms with Gasteiger partial charge < -0.3 is 20.3 Å². The number of anilines is 1. The predicted molar refractivity (Wildman–Crippen MR) is 100 cm³/mol. The van der Waals surface area contributed by atoms with E-state index in [1.54, 1.807) is 54.6 Å². The highest BCUT2D eigenvalue weighted by Crippen LogP contribution is 2.13. The summed E-state index contributed by atoms with van der Waals surface area (Å²) in [6.07, 6.45) is 1.62. The monoisotopic (exact) mass is 356 g/mol. The molecular formula is C19H24N4O3. The molecule has 0 atom stereocenters. The van der Waals surface area contributed by atoms with Crippen molar-refractivity contribution in [2.75, 3.05) is 25.5 Å². The molecule has 26 heavy (non-hydrogen) atoms. The van der Waals surface area contributed by atoms with Gasteiger partial charge in [-0.3, -0.25) is 4.79 Å². The second-order valence-corrected chi connectivity index (χ2v) is 5.57. The average Bonchev–Trinajstić information content (AvgIpc) is 2.67. The third kappa shape index (κ3) is 5.20. The Balaban J connectivity index is 1.96. The number of nitrogens with zero attached hydrogens (tertiary/aromatic N) is 2. The zero-order valence-corrected chi connectivity index (χ0v) is 15.3. The largest absolute Gasteiger partial charge is 0.481 e. The summed E-state index contributed by atoms with van der Waals surface area (Å²) in [7, 11) is 1.54. The van der Waals surface area contributed by atoms with Gasteiger partial charge in [0.15, 0.2) is 0 Å². The molecule has 0 fully saturated rings. The van der Waals surface area contributed by atoms with Gasteiger partial charge in [-0.05, 0) is 43.7 Å². The van der Waals surface area contributed by atoms with E-state index in [2.05, 4.69) is 15.6 Å².